The summed E-state index contributed by atoms with van der Waals surface area (Å²) in [6, 6.07) is 15.4. The Labute approximate surface area is 213 Å². The lowest BCUT2D eigenvalue weighted by Gasteiger charge is -2.14. The van der Waals surface area contributed by atoms with Gasteiger partial charge in [0.2, 0.25) is 5.91 Å². The van der Waals surface area contributed by atoms with Gasteiger partial charge in [0.15, 0.2) is 5.96 Å². The van der Waals surface area contributed by atoms with Crippen molar-refractivity contribution in [2.75, 3.05) is 53.6 Å². The molecule has 3 N–H and O–H groups in total. The molecule has 0 saturated heterocycles. The Morgan fingerprint density at radius 2 is 1.64 bits per heavy atom. The van der Waals surface area contributed by atoms with Crippen LogP contribution in [0.4, 0.5) is 5.69 Å². The lowest BCUT2D eigenvalue weighted by molar-refractivity contribution is -0.116. The first-order valence-corrected chi connectivity index (χ1v) is 10.6. The van der Waals surface area contributed by atoms with Crippen LogP contribution in [0.5, 0.6) is 0 Å². The van der Waals surface area contributed by atoms with E-state index in [1.165, 1.54) is 0 Å². The minimum absolute atomic E-state index is 0. The van der Waals surface area contributed by atoms with Gasteiger partial charge in [-0.15, -0.1) is 24.0 Å². The summed E-state index contributed by atoms with van der Waals surface area (Å²) < 4.78 is 0. The highest BCUT2D eigenvalue weighted by atomic mass is 127. The van der Waals surface area contributed by atoms with Gasteiger partial charge >= 0.3 is 0 Å². The predicted octanol–water partition coefficient (Wildman–Crippen LogP) is 2.41. The lowest BCUT2D eigenvalue weighted by Crippen LogP contribution is -2.37. The van der Waals surface area contributed by atoms with Crippen LogP contribution in [-0.4, -0.2) is 75.9 Å². The second kappa shape index (κ2) is 14.5. The van der Waals surface area contributed by atoms with Gasteiger partial charge in [-0.2, -0.15) is 0 Å². The molecule has 2 aromatic rings. The quantitative estimate of drug-likeness (QED) is 0.247. The molecule has 33 heavy (non-hydrogen) atoms. The van der Waals surface area contributed by atoms with Crippen molar-refractivity contribution >= 4 is 47.4 Å². The van der Waals surface area contributed by atoms with Crippen molar-refractivity contribution in [3.63, 3.8) is 0 Å². The molecule has 0 aliphatic rings. The van der Waals surface area contributed by atoms with Crippen LogP contribution < -0.4 is 16.0 Å². The number of amides is 2. The van der Waals surface area contributed by atoms with Gasteiger partial charge in [0, 0.05) is 45.5 Å². The monoisotopic (exact) mass is 566 g/mol. The van der Waals surface area contributed by atoms with Crippen LogP contribution in [0.25, 0.3) is 0 Å². The number of rotatable bonds is 9. The number of nitrogens with zero attached hydrogens (tertiary/aromatic N) is 3. The van der Waals surface area contributed by atoms with E-state index in [4.69, 9.17) is 0 Å². The Balaban J connectivity index is 0.00000544. The van der Waals surface area contributed by atoms with E-state index in [0.717, 1.165) is 23.2 Å². The molecule has 0 heterocycles. The highest BCUT2D eigenvalue weighted by Crippen LogP contribution is 2.11. The molecule has 2 amide bonds. The van der Waals surface area contributed by atoms with Crippen LogP contribution in [0.3, 0.4) is 0 Å². The molecular weight excluding hydrogens is 531 g/mol. The number of aliphatic imine (C=N–C) groups is 1. The van der Waals surface area contributed by atoms with Gasteiger partial charge in [0.1, 0.15) is 0 Å². The number of halogens is 1. The maximum atomic E-state index is 12.1. The van der Waals surface area contributed by atoms with Crippen molar-refractivity contribution in [3.05, 3.63) is 65.2 Å². The van der Waals surface area contributed by atoms with Crippen LogP contribution >= 0.6 is 24.0 Å². The van der Waals surface area contributed by atoms with Crippen molar-refractivity contribution in [2.24, 2.45) is 4.99 Å². The van der Waals surface area contributed by atoms with E-state index >= 15 is 0 Å². The molecule has 2 aromatic carbocycles. The first-order valence-electron chi connectivity index (χ1n) is 10.6. The third-order valence-electron chi connectivity index (χ3n) is 4.64. The summed E-state index contributed by atoms with van der Waals surface area (Å²) >= 11 is 0. The van der Waals surface area contributed by atoms with E-state index in [1.807, 2.05) is 67.5 Å². The standard InChI is InChI=1S/C24H34N6O2.HI/c1-25-24(26-13-12-18-8-6-10-20(14-18)23(32)30(4)5)27-16-19-9-7-11-21(15-19)28-22(31)17-29(2)3;/h6-11,14-15H,12-13,16-17H2,1-5H3,(H,28,31)(H2,25,26,27);1H. The summed E-state index contributed by atoms with van der Waals surface area (Å²) in [5.41, 5.74) is 3.58. The normalized spacial score (nSPS) is 10.9. The van der Waals surface area contributed by atoms with E-state index < -0.39 is 0 Å². The first kappa shape index (κ1) is 28.4. The van der Waals surface area contributed by atoms with Crippen LogP contribution in [0.1, 0.15) is 21.5 Å². The summed E-state index contributed by atoms with van der Waals surface area (Å²) in [7, 11) is 8.94. The van der Waals surface area contributed by atoms with Crippen molar-refractivity contribution in [3.8, 4) is 0 Å². The summed E-state index contributed by atoms with van der Waals surface area (Å²) in [6.07, 6.45) is 0.767. The van der Waals surface area contributed by atoms with E-state index in [9.17, 15) is 9.59 Å². The molecule has 0 fully saturated rings. The summed E-state index contributed by atoms with van der Waals surface area (Å²) in [5, 5.41) is 9.49. The zero-order valence-corrected chi connectivity index (χ0v) is 22.3. The third kappa shape index (κ3) is 10.2. The highest BCUT2D eigenvalue weighted by Gasteiger charge is 2.08. The molecule has 0 bridgehead atoms. The highest BCUT2D eigenvalue weighted by molar-refractivity contribution is 14.0. The van der Waals surface area contributed by atoms with E-state index in [0.29, 0.717) is 31.2 Å². The molecule has 0 spiro atoms. The van der Waals surface area contributed by atoms with Crippen molar-refractivity contribution in [1.82, 2.24) is 20.4 Å². The average molecular weight is 566 g/mol. The van der Waals surface area contributed by atoms with Crippen LogP contribution in [0.2, 0.25) is 0 Å². The van der Waals surface area contributed by atoms with Crippen LogP contribution in [0.15, 0.2) is 53.5 Å². The average Bonchev–Trinajstić information content (AvgIpc) is 2.75. The van der Waals surface area contributed by atoms with E-state index in [-0.39, 0.29) is 35.8 Å². The number of nitrogens with one attached hydrogen (secondary N) is 3. The number of carbonyl (C=O) groups is 2. The Morgan fingerprint density at radius 1 is 0.939 bits per heavy atom. The van der Waals surface area contributed by atoms with Gasteiger partial charge in [0.25, 0.3) is 5.91 Å². The Kier molecular flexibility index (Phi) is 12.5. The van der Waals surface area contributed by atoms with Crippen molar-refractivity contribution in [2.45, 2.75) is 13.0 Å². The second-order valence-electron chi connectivity index (χ2n) is 7.99. The molecule has 0 saturated carbocycles. The van der Waals surface area contributed by atoms with Gasteiger partial charge in [-0.25, -0.2) is 0 Å². The molecule has 8 nitrogen and oxygen atoms in total. The van der Waals surface area contributed by atoms with E-state index in [2.05, 4.69) is 20.9 Å². The summed E-state index contributed by atoms with van der Waals surface area (Å²) in [4.78, 5) is 31.8. The largest absolute Gasteiger partial charge is 0.356 e. The lowest BCUT2D eigenvalue weighted by atomic mass is 10.1. The summed E-state index contributed by atoms with van der Waals surface area (Å²) in [6.45, 7) is 1.59. The smallest absolute Gasteiger partial charge is 0.253 e. The zero-order valence-electron chi connectivity index (χ0n) is 20.0. The molecule has 0 aliphatic carbocycles. The fourth-order valence-electron chi connectivity index (χ4n) is 3.10. The van der Waals surface area contributed by atoms with Gasteiger partial charge in [-0.1, -0.05) is 24.3 Å². The van der Waals surface area contributed by atoms with Gasteiger partial charge in [0.05, 0.1) is 6.54 Å². The fraction of sp³-hybridized carbons (Fsp3) is 0.375. The molecular formula is C24H35IN6O2. The predicted molar refractivity (Wildman–Crippen MR) is 145 cm³/mol. The maximum Gasteiger partial charge on any atom is 0.253 e. The summed E-state index contributed by atoms with van der Waals surface area (Å²) in [5.74, 6) is 0.638. The first-order chi connectivity index (χ1) is 15.3. The topological polar surface area (TPSA) is 89.1 Å². The molecule has 0 unspecified atom stereocenters. The number of hydrogen-bond acceptors (Lipinski definition) is 4. The maximum absolute atomic E-state index is 12.1. The molecule has 0 radical (unpaired) electrons. The van der Waals surface area contributed by atoms with Crippen molar-refractivity contribution < 1.29 is 9.59 Å². The van der Waals surface area contributed by atoms with Crippen molar-refractivity contribution in [1.29, 1.82) is 0 Å². The number of guanidine groups is 1. The number of anilines is 1. The second-order valence-corrected chi connectivity index (χ2v) is 7.99. The van der Waals surface area contributed by atoms with Gasteiger partial charge < -0.3 is 25.8 Å². The minimum Gasteiger partial charge on any atom is -0.356 e. The SMILES string of the molecule is CN=C(NCCc1cccc(C(=O)N(C)C)c1)NCc1cccc(NC(=O)CN(C)C)c1.I. The Morgan fingerprint density at radius 3 is 2.30 bits per heavy atom. The Bertz CT molecular complexity index is 946. The van der Waals surface area contributed by atoms with E-state index in [1.54, 1.807) is 26.0 Å². The number of benzene rings is 2. The number of carbonyl (C=O) groups excluding carboxylic acids is 2. The van der Waals surface area contributed by atoms with Gasteiger partial charge in [-0.05, 0) is 55.9 Å². The minimum atomic E-state index is -0.0473. The molecule has 9 heteroatoms. The third-order valence-corrected chi connectivity index (χ3v) is 4.64. The number of likely N-dealkylation sites (N-methyl/N-ethyl adjacent to an activating group) is 1. The molecule has 0 aliphatic heterocycles. The molecule has 0 atom stereocenters. The number of hydrogen-bond donors (Lipinski definition) is 3. The van der Waals surface area contributed by atoms with Crippen LogP contribution in [-0.2, 0) is 17.8 Å². The van der Waals surface area contributed by atoms with Crippen LogP contribution in [0, 0.1) is 0 Å². The van der Waals surface area contributed by atoms with Gasteiger partial charge in [-0.3, -0.25) is 14.6 Å². The molecule has 2 rings (SSSR count). The zero-order chi connectivity index (χ0) is 23.5. The molecule has 0 aromatic heterocycles. The Hall–Kier alpha value is -2.66. The molecule has 180 valence electrons. The fourth-order valence-corrected chi connectivity index (χ4v) is 3.10.